The normalized spacial score (nSPS) is 19.2. The molecule has 1 saturated heterocycles. The molecule has 5 nitrogen and oxygen atoms in total. The van der Waals surface area contributed by atoms with Crippen LogP contribution in [0.1, 0.15) is 24.0 Å². The molecular weight excluding hydrogens is 316 g/mol. The van der Waals surface area contributed by atoms with E-state index in [1.54, 1.807) is 0 Å². The summed E-state index contributed by atoms with van der Waals surface area (Å²) >= 11 is 0. The number of amides is 2. The van der Waals surface area contributed by atoms with Crippen molar-refractivity contribution in [1.29, 1.82) is 0 Å². The van der Waals surface area contributed by atoms with Gasteiger partial charge in [-0.25, -0.2) is 4.79 Å². The van der Waals surface area contributed by atoms with Gasteiger partial charge in [0.25, 0.3) is 0 Å². The van der Waals surface area contributed by atoms with Gasteiger partial charge in [0.15, 0.2) is 0 Å². The Hall–Kier alpha value is -2.82. The lowest BCUT2D eigenvalue weighted by Crippen LogP contribution is -2.55. The van der Waals surface area contributed by atoms with Gasteiger partial charge < -0.3 is 10.1 Å². The Balaban J connectivity index is 1.53. The van der Waals surface area contributed by atoms with Crippen molar-refractivity contribution in [2.75, 3.05) is 19.7 Å². The Morgan fingerprint density at radius 1 is 1.12 bits per heavy atom. The SMILES string of the molecule is C[C@@H]1CNC(=O)CN1C(=O)OCC1c2ccccc2-c2ccccc21. The summed E-state index contributed by atoms with van der Waals surface area (Å²) in [5.41, 5.74) is 4.76. The van der Waals surface area contributed by atoms with Crippen molar-refractivity contribution in [3.05, 3.63) is 59.7 Å². The van der Waals surface area contributed by atoms with E-state index in [0.29, 0.717) is 6.54 Å². The van der Waals surface area contributed by atoms with Crippen LogP contribution in [0.4, 0.5) is 4.79 Å². The first-order valence-electron chi connectivity index (χ1n) is 8.53. The first-order valence-corrected chi connectivity index (χ1v) is 8.53. The van der Waals surface area contributed by atoms with Crippen molar-refractivity contribution < 1.29 is 14.3 Å². The van der Waals surface area contributed by atoms with E-state index >= 15 is 0 Å². The van der Waals surface area contributed by atoms with Crippen LogP contribution in [0.2, 0.25) is 0 Å². The van der Waals surface area contributed by atoms with E-state index < -0.39 is 6.09 Å². The first-order chi connectivity index (χ1) is 12.1. The van der Waals surface area contributed by atoms with Crippen LogP contribution in [-0.2, 0) is 9.53 Å². The van der Waals surface area contributed by atoms with Gasteiger partial charge in [-0.2, -0.15) is 0 Å². The van der Waals surface area contributed by atoms with E-state index in [0.717, 1.165) is 0 Å². The van der Waals surface area contributed by atoms with Crippen molar-refractivity contribution >= 4 is 12.0 Å². The average molecular weight is 336 g/mol. The zero-order valence-corrected chi connectivity index (χ0v) is 14.1. The average Bonchev–Trinajstić information content (AvgIpc) is 2.96. The minimum absolute atomic E-state index is 0.0327. The highest BCUT2D eigenvalue weighted by Crippen LogP contribution is 2.44. The number of nitrogens with one attached hydrogen (secondary N) is 1. The van der Waals surface area contributed by atoms with Crippen LogP contribution < -0.4 is 5.32 Å². The van der Waals surface area contributed by atoms with Gasteiger partial charge in [-0.05, 0) is 29.2 Å². The second kappa shape index (κ2) is 6.24. The van der Waals surface area contributed by atoms with Gasteiger partial charge in [0.1, 0.15) is 13.2 Å². The third-order valence-electron chi connectivity index (χ3n) is 5.01. The summed E-state index contributed by atoms with van der Waals surface area (Å²) in [4.78, 5) is 25.5. The van der Waals surface area contributed by atoms with Gasteiger partial charge in [-0.1, -0.05) is 48.5 Å². The lowest BCUT2D eigenvalue weighted by molar-refractivity contribution is -0.124. The van der Waals surface area contributed by atoms with Crippen molar-refractivity contribution in [3.8, 4) is 11.1 Å². The van der Waals surface area contributed by atoms with Gasteiger partial charge >= 0.3 is 6.09 Å². The van der Waals surface area contributed by atoms with Gasteiger partial charge in [0.05, 0.1) is 6.04 Å². The monoisotopic (exact) mass is 336 g/mol. The molecule has 4 rings (SSSR count). The number of rotatable bonds is 2. The Morgan fingerprint density at radius 2 is 1.72 bits per heavy atom. The maximum atomic E-state index is 12.5. The molecule has 2 aliphatic rings. The third-order valence-corrected chi connectivity index (χ3v) is 5.01. The van der Waals surface area contributed by atoms with E-state index in [4.69, 9.17) is 4.74 Å². The molecule has 0 unspecified atom stereocenters. The highest BCUT2D eigenvalue weighted by atomic mass is 16.6. The summed E-state index contributed by atoms with van der Waals surface area (Å²) in [5, 5.41) is 2.75. The maximum Gasteiger partial charge on any atom is 0.410 e. The van der Waals surface area contributed by atoms with Gasteiger partial charge in [-0.3, -0.25) is 9.69 Å². The number of fused-ring (bicyclic) bond motifs is 3. The molecule has 1 heterocycles. The molecule has 1 atom stereocenters. The largest absolute Gasteiger partial charge is 0.448 e. The minimum Gasteiger partial charge on any atom is -0.448 e. The summed E-state index contributed by atoms with van der Waals surface area (Å²) in [5.74, 6) is -0.114. The lowest BCUT2D eigenvalue weighted by atomic mass is 9.98. The van der Waals surface area contributed by atoms with Gasteiger partial charge in [-0.15, -0.1) is 0 Å². The highest BCUT2D eigenvalue weighted by molar-refractivity contribution is 5.84. The third kappa shape index (κ3) is 2.76. The second-order valence-corrected chi connectivity index (χ2v) is 6.58. The Bertz CT molecular complexity index is 788. The van der Waals surface area contributed by atoms with Crippen LogP contribution in [0.5, 0.6) is 0 Å². The minimum atomic E-state index is -0.427. The zero-order valence-electron chi connectivity index (χ0n) is 14.1. The van der Waals surface area contributed by atoms with Crippen molar-refractivity contribution in [1.82, 2.24) is 10.2 Å². The van der Waals surface area contributed by atoms with Crippen molar-refractivity contribution in [2.45, 2.75) is 18.9 Å². The number of carbonyl (C=O) groups excluding carboxylic acids is 2. The number of hydrogen-bond donors (Lipinski definition) is 1. The molecule has 0 spiro atoms. The molecule has 2 aromatic rings. The topological polar surface area (TPSA) is 58.6 Å². The Labute approximate surface area is 146 Å². The lowest BCUT2D eigenvalue weighted by Gasteiger charge is -2.32. The summed E-state index contributed by atoms with van der Waals surface area (Å²) in [6.07, 6.45) is -0.427. The molecule has 1 aliphatic carbocycles. The predicted molar refractivity (Wildman–Crippen MR) is 94.2 cm³/mol. The number of ether oxygens (including phenoxy) is 1. The van der Waals surface area contributed by atoms with Crippen LogP contribution in [0.3, 0.4) is 0 Å². The van der Waals surface area contributed by atoms with E-state index in [1.807, 2.05) is 31.2 Å². The summed E-state index contributed by atoms with van der Waals surface area (Å²) < 4.78 is 5.60. The van der Waals surface area contributed by atoms with Gasteiger partial charge in [0.2, 0.25) is 5.91 Å². The summed E-state index contributed by atoms with van der Waals surface area (Å²) in [7, 11) is 0. The van der Waals surface area contributed by atoms with E-state index in [2.05, 4.69) is 29.6 Å². The number of nitrogens with zero attached hydrogens (tertiary/aromatic N) is 1. The van der Waals surface area contributed by atoms with E-state index in [-0.39, 0.29) is 31.0 Å². The number of carbonyl (C=O) groups is 2. The van der Waals surface area contributed by atoms with Crippen LogP contribution in [0.25, 0.3) is 11.1 Å². The number of piperazine rings is 1. The number of benzene rings is 2. The predicted octanol–water partition coefficient (Wildman–Crippen LogP) is 2.76. The van der Waals surface area contributed by atoms with Crippen LogP contribution in [0, 0.1) is 0 Å². The Kier molecular flexibility index (Phi) is 3.92. The molecule has 128 valence electrons. The summed E-state index contributed by atoms with van der Waals surface area (Å²) in [6.45, 7) is 2.69. The molecular formula is C20H20N2O3. The van der Waals surface area contributed by atoms with E-state index in [9.17, 15) is 9.59 Å². The molecule has 2 amide bonds. The van der Waals surface area contributed by atoms with Crippen LogP contribution >= 0.6 is 0 Å². The van der Waals surface area contributed by atoms with Gasteiger partial charge in [0, 0.05) is 12.5 Å². The Morgan fingerprint density at radius 3 is 2.36 bits per heavy atom. The smallest absolute Gasteiger partial charge is 0.410 e. The molecule has 0 aromatic heterocycles. The standard InChI is InChI=1S/C20H20N2O3/c1-13-10-21-19(23)11-22(13)20(24)25-12-18-16-8-4-2-6-14(16)15-7-3-5-9-17(15)18/h2-9,13,18H,10-12H2,1H3,(H,21,23)/t13-/m1/s1. The molecule has 1 aliphatic heterocycles. The fourth-order valence-corrected chi connectivity index (χ4v) is 3.66. The highest BCUT2D eigenvalue weighted by Gasteiger charge is 2.32. The van der Waals surface area contributed by atoms with Crippen molar-refractivity contribution in [3.63, 3.8) is 0 Å². The first kappa shape index (κ1) is 15.7. The molecule has 5 heteroatoms. The zero-order chi connectivity index (χ0) is 17.4. The molecule has 25 heavy (non-hydrogen) atoms. The molecule has 1 fully saturated rings. The second-order valence-electron chi connectivity index (χ2n) is 6.58. The quantitative estimate of drug-likeness (QED) is 0.917. The molecule has 2 aromatic carbocycles. The molecule has 1 N–H and O–H groups in total. The summed E-state index contributed by atoms with van der Waals surface area (Å²) in [6, 6.07) is 16.4. The maximum absolute atomic E-state index is 12.5. The van der Waals surface area contributed by atoms with Crippen molar-refractivity contribution in [2.24, 2.45) is 0 Å². The van der Waals surface area contributed by atoms with E-state index in [1.165, 1.54) is 27.2 Å². The number of hydrogen-bond acceptors (Lipinski definition) is 3. The molecule has 0 bridgehead atoms. The molecule has 0 saturated carbocycles. The van der Waals surface area contributed by atoms with Crippen LogP contribution in [-0.4, -0.2) is 42.6 Å². The molecule has 0 radical (unpaired) electrons. The fourth-order valence-electron chi connectivity index (χ4n) is 3.66. The fraction of sp³-hybridized carbons (Fsp3) is 0.300. The van der Waals surface area contributed by atoms with Crippen LogP contribution in [0.15, 0.2) is 48.5 Å².